The molecule has 0 aliphatic rings. The molecule has 1 aromatic carbocycles. The van der Waals surface area contributed by atoms with Crippen LogP contribution in [0.3, 0.4) is 0 Å². The van der Waals surface area contributed by atoms with E-state index in [-0.39, 0.29) is 5.91 Å². The van der Waals surface area contributed by atoms with Crippen LogP contribution in [0.1, 0.15) is 17.5 Å². The summed E-state index contributed by atoms with van der Waals surface area (Å²) in [5.41, 5.74) is 2.27. The number of carbonyl (C=O) groups excluding carboxylic acids is 1. The summed E-state index contributed by atoms with van der Waals surface area (Å²) in [5.74, 6) is 1.99. The summed E-state index contributed by atoms with van der Waals surface area (Å²) in [6.07, 6.45) is 2.92. The minimum atomic E-state index is -0.0902. The van der Waals surface area contributed by atoms with Crippen molar-refractivity contribution in [3.05, 3.63) is 53.7 Å². The van der Waals surface area contributed by atoms with Gasteiger partial charge in [-0.15, -0.1) is 0 Å². The van der Waals surface area contributed by atoms with Gasteiger partial charge in [0, 0.05) is 32.8 Å². The molecule has 0 saturated carbocycles. The maximum absolute atomic E-state index is 12.0. The predicted octanol–water partition coefficient (Wildman–Crippen LogP) is 2.13. The quantitative estimate of drug-likeness (QED) is 0.490. The van der Waals surface area contributed by atoms with E-state index in [0.717, 1.165) is 24.3 Å². The summed E-state index contributed by atoms with van der Waals surface area (Å²) in [6.45, 7) is 3.18. The van der Waals surface area contributed by atoms with Gasteiger partial charge in [-0.2, -0.15) is 0 Å². The van der Waals surface area contributed by atoms with Crippen molar-refractivity contribution in [1.29, 1.82) is 0 Å². The zero-order valence-electron chi connectivity index (χ0n) is 16.1. The number of amides is 1. The van der Waals surface area contributed by atoms with Crippen molar-refractivity contribution in [1.82, 2.24) is 15.6 Å². The molecule has 1 heterocycles. The van der Waals surface area contributed by atoms with Crippen molar-refractivity contribution in [2.45, 2.75) is 19.8 Å². The van der Waals surface area contributed by atoms with Gasteiger partial charge in [-0.1, -0.05) is 18.2 Å². The fourth-order valence-corrected chi connectivity index (χ4v) is 2.38. The molecule has 0 fully saturated rings. The molecule has 0 bridgehead atoms. The first-order valence-electron chi connectivity index (χ1n) is 8.90. The number of nitrogens with zero attached hydrogens (tertiary/aromatic N) is 2. The fourth-order valence-electron chi connectivity index (χ4n) is 2.38. The maximum Gasteiger partial charge on any atom is 0.227 e. The molecule has 7 heteroatoms. The first kappa shape index (κ1) is 20.2. The van der Waals surface area contributed by atoms with Crippen LogP contribution in [-0.4, -0.2) is 44.1 Å². The van der Waals surface area contributed by atoms with E-state index in [1.807, 2.05) is 37.3 Å². The minimum Gasteiger partial charge on any atom is -0.497 e. The second kappa shape index (κ2) is 10.8. The normalized spacial score (nSPS) is 11.0. The molecule has 0 spiro atoms. The molecule has 1 aromatic heterocycles. The summed E-state index contributed by atoms with van der Waals surface area (Å²) in [5, 5.41) is 9.15. The number of aromatic nitrogens is 1. The number of ether oxygens (including phenoxy) is 1. The van der Waals surface area contributed by atoms with Crippen LogP contribution in [-0.2, 0) is 11.2 Å². The van der Waals surface area contributed by atoms with Crippen LogP contribution in [0, 0.1) is 6.92 Å². The highest BCUT2D eigenvalue weighted by molar-refractivity contribution is 5.90. The zero-order chi connectivity index (χ0) is 19.5. The summed E-state index contributed by atoms with van der Waals surface area (Å²) in [6, 6.07) is 11.7. The van der Waals surface area contributed by atoms with Gasteiger partial charge in [0.25, 0.3) is 0 Å². The number of nitrogens with one attached hydrogen (secondary N) is 3. The molecule has 0 aliphatic carbocycles. The number of carbonyl (C=O) groups is 1. The molecular weight excluding hydrogens is 342 g/mol. The van der Waals surface area contributed by atoms with E-state index in [2.05, 4.69) is 25.9 Å². The number of hydrogen-bond acceptors (Lipinski definition) is 4. The lowest BCUT2D eigenvalue weighted by atomic mass is 10.1. The largest absolute Gasteiger partial charge is 0.497 e. The molecule has 3 N–H and O–H groups in total. The molecule has 2 aromatic rings. The van der Waals surface area contributed by atoms with Crippen LogP contribution in [0.25, 0.3) is 0 Å². The number of guanidine groups is 1. The Morgan fingerprint density at radius 2 is 1.85 bits per heavy atom. The molecule has 2 rings (SSSR count). The third kappa shape index (κ3) is 7.35. The van der Waals surface area contributed by atoms with Crippen molar-refractivity contribution in [2.24, 2.45) is 4.99 Å². The Hall–Kier alpha value is -3.09. The lowest BCUT2D eigenvalue weighted by molar-refractivity contribution is -0.116. The Labute approximate surface area is 160 Å². The van der Waals surface area contributed by atoms with E-state index in [4.69, 9.17) is 4.74 Å². The fraction of sp³-hybridized carbons (Fsp3) is 0.350. The Morgan fingerprint density at radius 3 is 2.48 bits per heavy atom. The Morgan fingerprint density at radius 1 is 1.11 bits per heavy atom. The third-order valence-corrected chi connectivity index (χ3v) is 3.91. The molecule has 27 heavy (non-hydrogen) atoms. The number of rotatable bonds is 8. The Kier molecular flexibility index (Phi) is 8.09. The lowest BCUT2D eigenvalue weighted by Crippen LogP contribution is -2.39. The number of hydrogen-bond donors (Lipinski definition) is 3. The van der Waals surface area contributed by atoms with Crippen LogP contribution in [0.15, 0.2) is 47.6 Å². The smallest absolute Gasteiger partial charge is 0.227 e. The molecule has 0 radical (unpaired) electrons. The molecule has 0 aliphatic heterocycles. The van der Waals surface area contributed by atoms with E-state index in [1.165, 1.54) is 5.56 Å². The Bertz CT molecular complexity index is 742. The highest BCUT2D eigenvalue weighted by atomic mass is 16.5. The van der Waals surface area contributed by atoms with Gasteiger partial charge in [0.05, 0.1) is 7.11 Å². The molecule has 1 amide bonds. The predicted molar refractivity (Wildman–Crippen MR) is 108 cm³/mol. The van der Waals surface area contributed by atoms with Crippen molar-refractivity contribution in [3.63, 3.8) is 0 Å². The molecule has 0 unspecified atom stereocenters. The maximum atomic E-state index is 12.0. The van der Waals surface area contributed by atoms with Gasteiger partial charge in [-0.3, -0.25) is 9.79 Å². The lowest BCUT2D eigenvalue weighted by Gasteiger charge is -2.12. The number of aryl methyl sites for hydroxylation is 1. The van der Waals surface area contributed by atoms with Crippen molar-refractivity contribution >= 4 is 17.7 Å². The molecule has 0 atom stereocenters. The van der Waals surface area contributed by atoms with E-state index in [1.54, 1.807) is 26.4 Å². The number of aliphatic imine (C=N–C) groups is 1. The Balaban J connectivity index is 1.65. The van der Waals surface area contributed by atoms with Crippen molar-refractivity contribution in [3.8, 4) is 5.75 Å². The number of pyridine rings is 1. The molecule has 0 saturated heterocycles. The molecule has 7 nitrogen and oxygen atoms in total. The van der Waals surface area contributed by atoms with Crippen LogP contribution >= 0.6 is 0 Å². The highest BCUT2D eigenvalue weighted by Gasteiger charge is 2.04. The summed E-state index contributed by atoms with van der Waals surface area (Å²) >= 11 is 0. The van der Waals surface area contributed by atoms with Gasteiger partial charge >= 0.3 is 0 Å². The number of methoxy groups -OCH3 is 1. The van der Waals surface area contributed by atoms with E-state index >= 15 is 0 Å². The van der Waals surface area contributed by atoms with Crippen molar-refractivity contribution in [2.75, 3.05) is 32.6 Å². The summed E-state index contributed by atoms with van der Waals surface area (Å²) in [4.78, 5) is 20.3. The topological polar surface area (TPSA) is 87.6 Å². The van der Waals surface area contributed by atoms with Crippen LogP contribution in [0.2, 0.25) is 0 Å². The first-order valence-corrected chi connectivity index (χ1v) is 8.90. The summed E-state index contributed by atoms with van der Waals surface area (Å²) in [7, 11) is 3.36. The average molecular weight is 369 g/mol. The van der Waals surface area contributed by atoms with E-state index < -0.39 is 0 Å². The van der Waals surface area contributed by atoms with Gasteiger partial charge in [0.1, 0.15) is 11.6 Å². The number of anilines is 1. The van der Waals surface area contributed by atoms with Gasteiger partial charge < -0.3 is 20.7 Å². The second-order valence-electron chi connectivity index (χ2n) is 6.04. The van der Waals surface area contributed by atoms with Gasteiger partial charge in [-0.05, 0) is 42.7 Å². The monoisotopic (exact) mass is 369 g/mol. The number of benzene rings is 1. The first-order chi connectivity index (χ1) is 13.1. The highest BCUT2D eigenvalue weighted by Crippen LogP contribution is 2.11. The van der Waals surface area contributed by atoms with Gasteiger partial charge in [0.2, 0.25) is 5.91 Å². The van der Waals surface area contributed by atoms with Crippen LogP contribution < -0.4 is 20.7 Å². The SMILES string of the molecule is CN=C(NCCC(=O)Nc1ccc(C)cn1)NCCc1ccc(OC)cc1. The average Bonchev–Trinajstić information content (AvgIpc) is 2.69. The standard InChI is InChI=1S/C20H27N5O2/c1-15-4-9-18(24-14-15)25-19(26)11-13-23-20(21-2)22-12-10-16-5-7-17(27-3)8-6-16/h4-9,14H,10-13H2,1-3H3,(H2,21,22,23)(H,24,25,26). The van der Waals surface area contributed by atoms with E-state index in [9.17, 15) is 4.79 Å². The minimum absolute atomic E-state index is 0.0902. The second-order valence-corrected chi connectivity index (χ2v) is 6.04. The third-order valence-electron chi connectivity index (χ3n) is 3.91. The van der Waals surface area contributed by atoms with Gasteiger partial charge in [0.15, 0.2) is 5.96 Å². The van der Waals surface area contributed by atoms with Gasteiger partial charge in [-0.25, -0.2) is 4.98 Å². The molecular formula is C20H27N5O2. The molecule has 144 valence electrons. The van der Waals surface area contributed by atoms with Crippen LogP contribution in [0.5, 0.6) is 5.75 Å². The zero-order valence-corrected chi connectivity index (χ0v) is 16.1. The van der Waals surface area contributed by atoms with Crippen LogP contribution in [0.4, 0.5) is 5.82 Å². The van der Waals surface area contributed by atoms with Crippen molar-refractivity contribution < 1.29 is 9.53 Å². The summed E-state index contributed by atoms with van der Waals surface area (Å²) < 4.78 is 5.15. The van der Waals surface area contributed by atoms with E-state index in [0.29, 0.717) is 24.7 Å².